The lowest BCUT2D eigenvalue weighted by Gasteiger charge is -2.36. The van der Waals surface area contributed by atoms with E-state index in [9.17, 15) is 0 Å². The predicted octanol–water partition coefficient (Wildman–Crippen LogP) is 4.18. The van der Waals surface area contributed by atoms with Gasteiger partial charge in [-0.1, -0.05) is 52.9 Å². The largest absolute Gasteiger partial charge is 0.329 e. The summed E-state index contributed by atoms with van der Waals surface area (Å²) in [7, 11) is 0. The van der Waals surface area contributed by atoms with Crippen LogP contribution in [-0.4, -0.2) is 30.1 Å². The smallest absolute Gasteiger partial charge is 0.0221 e. The third-order valence-corrected chi connectivity index (χ3v) is 4.64. The zero-order valence-electron chi connectivity index (χ0n) is 13.5. The zero-order chi connectivity index (χ0) is 14.1. The van der Waals surface area contributed by atoms with E-state index < -0.39 is 0 Å². The van der Waals surface area contributed by atoms with E-state index in [2.05, 4.69) is 25.7 Å². The molecule has 1 saturated carbocycles. The third kappa shape index (κ3) is 6.27. The number of nitrogens with zero attached hydrogens (tertiary/aromatic N) is 1. The fourth-order valence-electron chi connectivity index (χ4n) is 3.36. The Kier molecular flexibility index (Phi) is 8.72. The lowest BCUT2D eigenvalue weighted by atomic mass is 10.0. The number of rotatable bonds is 10. The second-order valence-electron chi connectivity index (χ2n) is 6.74. The van der Waals surface area contributed by atoms with Crippen LogP contribution in [-0.2, 0) is 0 Å². The Morgan fingerprint density at radius 2 is 1.79 bits per heavy atom. The molecule has 2 N–H and O–H groups in total. The molecular formula is C17H36N2. The van der Waals surface area contributed by atoms with Crippen LogP contribution in [0.3, 0.4) is 0 Å². The summed E-state index contributed by atoms with van der Waals surface area (Å²) in [6.45, 7) is 9.06. The van der Waals surface area contributed by atoms with Gasteiger partial charge in [-0.2, -0.15) is 0 Å². The van der Waals surface area contributed by atoms with Gasteiger partial charge in [-0.3, -0.25) is 4.90 Å². The van der Waals surface area contributed by atoms with Gasteiger partial charge in [0, 0.05) is 18.6 Å². The van der Waals surface area contributed by atoms with E-state index in [1.807, 2.05) is 0 Å². The highest BCUT2D eigenvalue weighted by Crippen LogP contribution is 2.27. The first-order chi connectivity index (χ1) is 9.19. The molecule has 0 aliphatic heterocycles. The topological polar surface area (TPSA) is 29.3 Å². The van der Waals surface area contributed by atoms with E-state index in [4.69, 9.17) is 5.73 Å². The fourth-order valence-corrected chi connectivity index (χ4v) is 3.36. The lowest BCUT2D eigenvalue weighted by Crippen LogP contribution is -2.46. The Morgan fingerprint density at radius 3 is 2.32 bits per heavy atom. The molecule has 19 heavy (non-hydrogen) atoms. The van der Waals surface area contributed by atoms with Crippen molar-refractivity contribution < 1.29 is 0 Å². The molecule has 2 heteroatoms. The minimum atomic E-state index is 0.633. The molecule has 0 aromatic carbocycles. The van der Waals surface area contributed by atoms with E-state index in [0.717, 1.165) is 18.5 Å². The summed E-state index contributed by atoms with van der Waals surface area (Å²) in [6, 6.07) is 1.46. The van der Waals surface area contributed by atoms with Crippen LogP contribution in [0.2, 0.25) is 0 Å². The summed E-state index contributed by atoms with van der Waals surface area (Å²) >= 11 is 0. The SMILES string of the molecule is CCCCCC(CN)N(CCC(C)C)C1CCCC1. The summed E-state index contributed by atoms with van der Waals surface area (Å²) in [5.41, 5.74) is 6.09. The van der Waals surface area contributed by atoms with Gasteiger partial charge in [0.1, 0.15) is 0 Å². The van der Waals surface area contributed by atoms with Crippen molar-refractivity contribution >= 4 is 0 Å². The van der Waals surface area contributed by atoms with Crippen LogP contribution in [0, 0.1) is 5.92 Å². The molecule has 0 bridgehead atoms. The van der Waals surface area contributed by atoms with Crippen molar-refractivity contribution in [1.29, 1.82) is 0 Å². The highest BCUT2D eigenvalue weighted by Gasteiger charge is 2.27. The van der Waals surface area contributed by atoms with Crippen LogP contribution in [0.15, 0.2) is 0 Å². The van der Waals surface area contributed by atoms with E-state index >= 15 is 0 Å². The Bertz CT molecular complexity index is 209. The molecule has 1 aliphatic rings. The molecule has 1 rings (SSSR count). The highest BCUT2D eigenvalue weighted by molar-refractivity contribution is 4.83. The summed E-state index contributed by atoms with van der Waals surface area (Å²) in [5, 5.41) is 0. The Hall–Kier alpha value is -0.0800. The van der Waals surface area contributed by atoms with Crippen molar-refractivity contribution in [1.82, 2.24) is 4.90 Å². The van der Waals surface area contributed by atoms with Crippen molar-refractivity contribution in [3.63, 3.8) is 0 Å². The first-order valence-electron chi connectivity index (χ1n) is 8.64. The molecule has 2 nitrogen and oxygen atoms in total. The molecule has 1 unspecified atom stereocenters. The summed E-state index contributed by atoms with van der Waals surface area (Å²) in [4.78, 5) is 2.78. The van der Waals surface area contributed by atoms with E-state index in [-0.39, 0.29) is 0 Å². The molecule has 0 heterocycles. The molecule has 0 radical (unpaired) electrons. The van der Waals surface area contributed by atoms with Crippen LogP contribution < -0.4 is 5.73 Å². The molecule has 114 valence electrons. The van der Waals surface area contributed by atoms with Gasteiger partial charge in [-0.15, -0.1) is 0 Å². The molecule has 1 atom stereocenters. The van der Waals surface area contributed by atoms with Gasteiger partial charge < -0.3 is 5.73 Å². The van der Waals surface area contributed by atoms with Gasteiger partial charge >= 0.3 is 0 Å². The van der Waals surface area contributed by atoms with E-state index in [1.165, 1.54) is 64.3 Å². The Balaban J connectivity index is 2.51. The van der Waals surface area contributed by atoms with Crippen molar-refractivity contribution in [3.05, 3.63) is 0 Å². The van der Waals surface area contributed by atoms with Gasteiger partial charge in [0.2, 0.25) is 0 Å². The maximum atomic E-state index is 6.09. The van der Waals surface area contributed by atoms with Crippen LogP contribution in [0.25, 0.3) is 0 Å². The maximum Gasteiger partial charge on any atom is 0.0221 e. The number of nitrogens with two attached hydrogens (primary N) is 1. The van der Waals surface area contributed by atoms with Crippen molar-refractivity contribution in [3.8, 4) is 0 Å². The first-order valence-corrected chi connectivity index (χ1v) is 8.64. The molecular weight excluding hydrogens is 232 g/mol. The van der Waals surface area contributed by atoms with Gasteiger partial charge in [0.15, 0.2) is 0 Å². The van der Waals surface area contributed by atoms with Crippen LogP contribution >= 0.6 is 0 Å². The van der Waals surface area contributed by atoms with E-state index in [1.54, 1.807) is 0 Å². The molecule has 0 spiro atoms. The Morgan fingerprint density at radius 1 is 1.11 bits per heavy atom. The van der Waals surface area contributed by atoms with Crippen molar-refractivity contribution in [2.75, 3.05) is 13.1 Å². The average Bonchev–Trinajstić information content (AvgIpc) is 2.90. The van der Waals surface area contributed by atoms with Crippen molar-refractivity contribution in [2.45, 2.75) is 90.6 Å². The van der Waals surface area contributed by atoms with Gasteiger partial charge in [0.05, 0.1) is 0 Å². The second kappa shape index (κ2) is 9.77. The molecule has 0 saturated heterocycles. The first kappa shape index (κ1) is 17.0. The monoisotopic (exact) mass is 268 g/mol. The molecule has 1 aliphatic carbocycles. The van der Waals surface area contributed by atoms with Gasteiger partial charge in [0.25, 0.3) is 0 Å². The molecule has 0 amide bonds. The standard InChI is InChI=1S/C17H36N2/c1-4-5-6-11-17(14-18)19(13-12-15(2)3)16-9-7-8-10-16/h15-17H,4-14,18H2,1-3H3. The molecule has 0 aromatic rings. The molecule has 0 aromatic heterocycles. The highest BCUT2D eigenvalue weighted by atomic mass is 15.2. The number of unbranched alkanes of at least 4 members (excludes halogenated alkanes) is 2. The summed E-state index contributed by atoms with van der Waals surface area (Å²) in [6.07, 6.45) is 12.3. The maximum absolute atomic E-state index is 6.09. The minimum Gasteiger partial charge on any atom is -0.329 e. The van der Waals surface area contributed by atoms with Crippen LogP contribution in [0.4, 0.5) is 0 Å². The normalized spacial score (nSPS) is 18.6. The molecule has 1 fully saturated rings. The van der Waals surface area contributed by atoms with E-state index in [0.29, 0.717) is 6.04 Å². The Labute approximate surface area is 121 Å². The zero-order valence-corrected chi connectivity index (χ0v) is 13.5. The predicted molar refractivity (Wildman–Crippen MR) is 85.4 cm³/mol. The quantitative estimate of drug-likeness (QED) is 0.602. The van der Waals surface area contributed by atoms with Gasteiger partial charge in [-0.25, -0.2) is 0 Å². The van der Waals surface area contributed by atoms with Crippen LogP contribution in [0.1, 0.15) is 78.6 Å². The average molecular weight is 268 g/mol. The summed E-state index contributed by atoms with van der Waals surface area (Å²) in [5.74, 6) is 0.804. The third-order valence-electron chi connectivity index (χ3n) is 4.64. The lowest BCUT2D eigenvalue weighted by molar-refractivity contribution is 0.122. The van der Waals surface area contributed by atoms with Crippen LogP contribution in [0.5, 0.6) is 0 Å². The second-order valence-corrected chi connectivity index (χ2v) is 6.74. The van der Waals surface area contributed by atoms with Gasteiger partial charge in [-0.05, 0) is 38.1 Å². The van der Waals surface area contributed by atoms with Crippen molar-refractivity contribution in [2.24, 2.45) is 11.7 Å². The fraction of sp³-hybridized carbons (Fsp3) is 1.00. The number of hydrogen-bond donors (Lipinski definition) is 1. The number of hydrogen-bond acceptors (Lipinski definition) is 2. The summed E-state index contributed by atoms with van der Waals surface area (Å²) < 4.78 is 0. The minimum absolute atomic E-state index is 0.633.